The number of hydrogen-bond acceptors (Lipinski definition) is 4. The molecule has 1 aliphatic rings. The molecule has 28 heavy (non-hydrogen) atoms. The van der Waals surface area contributed by atoms with Crippen molar-refractivity contribution in [1.29, 1.82) is 0 Å². The van der Waals surface area contributed by atoms with Gasteiger partial charge in [0.2, 0.25) is 5.91 Å². The minimum absolute atomic E-state index is 0.0799. The molecular formula is C22H28N4O2. The van der Waals surface area contributed by atoms with Gasteiger partial charge in [0.1, 0.15) is 5.82 Å². The first kappa shape index (κ1) is 20.0. The summed E-state index contributed by atoms with van der Waals surface area (Å²) in [6.07, 6.45) is 2.41. The third kappa shape index (κ3) is 4.38. The number of carbonyl (C=O) groups excluding carboxylic acids is 2. The zero-order valence-corrected chi connectivity index (χ0v) is 17.1. The summed E-state index contributed by atoms with van der Waals surface area (Å²) < 4.78 is 0. The lowest BCUT2D eigenvalue weighted by molar-refractivity contribution is -0.129. The number of benzene rings is 1. The Balaban J connectivity index is 1.77. The second kappa shape index (κ2) is 8.50. The maximum absolute atomic E-state index is 12.8. The van der Waals surface area contributed by atoms with Crippen molar-refractivity contribution in [3.63, 3.8) is 0 Å². The van der Waals surface area contributed by atoms with Crippen LogP contribution in [-0.4, -0.2) is 45.8 Å². The molecule has 1 aromatic carbocycles. The molecule has 2 heterocycles. The molecule has 0 saturated carbocycles. The number of carbonyl (C=O) groups is 2. The molecule has 1 aromatic heterocycles. The van der Waals surface area contributed by atoms with Crippen molar-refractivity contribution in [3.05, 3.63) is 46.9 Å². The molecule has 0 bridgehead atoms. The van der Waals surface area contributed by atoms with Gasteiger partial charge in [-0.15, -0.1) is 0 Å². The molecule has 148 valence electrons. The van der Waals surface area contributed by atoms with E-state index < -0.39 is 0 Å². The number of hydrogen-bond donors (Lipinski definition) is 1. The van der Waals surface area contributed by atoms with Gasteiger partial charge in [-0.2, -0.15) is 0 Å². The number of piperidine rings is 1. The average molecular weight is 380 g/mol. The van der Waals surface area contributed by atoms with E-state index >= 15 is 0 Å². The van der Waals surface area contributed by atoms with Crippen LogP contribution in [-0.2, 0) is 11.2 Å². The largest absolute Gasteiger partial charge is 0.349 e. The number of rotatable bonds is 4. The Kier molecular flexibility index (Phi) is 6.07. The van der Waals surface area contributed by atoms with Gasteiger partial charge >= 0.3 is 0 Å². The Morgan fingerprint density at radius 3 is 2.54 bits per heavy atom. The van der Waals surface area contributed by atoms with Gasteiger partial charge in [0.15, 0.2) is 0 Å². The van der Waals surface area contributed by atoms with Crippen LogP contribution in [0.15, 0.2) is 24.3 Å². The van der Waals surface area contributed by atoms with E-state index in [4.69, 9.17) is 0 Å². The molecule has 1 aliphatic heterocycles. The normalized spacial score (nSPS) is 14.8. The lowest BCUT2D eigenvalue weighted by Crippen LogP contribution is -2.46. The van der Waals surface area contributed by atoms with Crippen LogP contribution in [0.1, 0.15) is 54.1 Å². The maximum atomic E-state index is 12.8. The van der Waals surface area contributed by atoms with E-state index in [1.165, 1.54) is 0 Å². The first-order chi connectivity index (χ1) is 13.4. The monoisotopic (exact) mass is 380 g/mol. The zero-order chi connectivity index (χ0) is 20.3. The summed E-state index contributed by atoms with van der Waals surface area (Å²) in [4.78, 5) is 35.2. The molecule has 0 radical (unpaired) electrons. The van der Waals surface area contributed by atoms with Crippen molar-refractivity contribution in [2.75, 3.05) is 13.1 Å². The summed E-state index contributed by atoms with van der Waals surface area (Å²) in [5.74, 6) is 0.750. The summed E-state index contributed by atoms with van der Waals surface area (Å²) in [7, 11) is 0. The lowest BCUT2D eigenvalue weighted by Gasteiger charge is -2.31. The third-order valence-corrected chi connectivity index (χ3v) is 5.35. The van der Waals surface area contributed by atoms with Crippen molar-refractivity contribution in [3.8, 4) is 11.3 Å². The van der Waals surface area contributed by atoms with Gasteiger partial charge in [0.05, 0.1) is 5.69 Å². The molecule has 0 atom stereocenters. The predicted octanol–water partition coefficient (Wildman–Crippen LogP) is 3.06. The lowest BCUT2D eigenvalue weighted by atomic mass is 10.00. The minimum atomic E-state index is -0.0799. The molecule has 1 N–H and O–H groups in total. The second-order valence-electron chi connectivity index (χ2n) is 7.37. The maximum Gasteiger partial charge on any atom is 0.251 e. The highest BCUT2D eigenvalue weighted by Gasteiger charge is 2.22. The fraction of sp³-hybridized carbons (Fsp3) is 0.455. The molecule has 1 saturated heterocycles. The second-order valence-corrected chi connectivity index (χ2v) is 7.37. The van der Waals surface area contributed by atoms with Gasteiger partial charge in [0.25, 0.3) is 5.91 Å². The first-order valence-corrected chi connectivity index (χ1v) is 9.90. The Morgan fingerprint density at radius 2 is 1.89 bits per heavy atom. The zero-order valence-electron chi connectivity index (χ0n) is 17.1. The first-order valence-electron chi connectivity index (χ1n) is 9.90. The number of amides is 2. The molecule has 2 amide bonds. The van der Waals surface area contributed by atoms with E-state index in [-0.39, 0.29) is 17.9 Å². The van der Waals surface area contributed by atoms with Crippen molar-refractivity contribution in [2.24, 2.45) is 0 Å². The van der Waals surface area contributed by atoms with Crippen LogP contribution >= 0.6 is 0 Å². The summed E-state index contributed by atoms with van der Waals surface area (Å²) in [6.45, 7) is 8.96. The van der Waals surface area contributed by atoms with E-state index in [1.807, 2.05) is 43.0 Å². The number of likely N-dealkylation sites (tertiary alicyclic amines) is 1. The smallest absolute Gasteiger partial charge is 0.251 e. The fourth-order valence-electron chi connectivity index (χ4n) is 3.81. The standard InChI is InChI=1S/C22H28N4O2/c1-5-20-14(2)23-15(3)24-21(20)17-7-6-8-18(13-17)22(28)25-19-9-11-26(12-10-19)16(4)27/h6-8,13,19H,5,9-12H2,1-4H3,(H,25,28). The summed E-state index contributed by atoms with van der Waals surface area (Å²) >= 11 is 0. The molecule has 6 heteroatoms. The van der Waals surface area contributed by atoms with Crippen LogP contribution in [0.25, 0.3) is 11.3 Å². The molecule has 6 nitrogen and oxygen atoms in total. The fourth-order valence-corrected chi connectivity index (χ4v) is 3.81. The van der Waals surface area contributed by atoms with Gasteiger partial charge in [0, 0.05) is 42.9 Å². The summed E-state index contributed by atoms with van der Waals surface area (Å²) in [5.41, 5.74) is 4.56. The van der Waals surface area contributed by atoms with E-state index in [0.29, 0.717) is 18.7 Å². The molecule has 3 rings (SSSR count). The van der Waals surface area contributed by atoms with Crippen molar-refractivity contribution < 1.29 is 9.59 Å². The quantitative estimate of drug-likeness (QED) is 0.885. The van der Waals surface area contributed by atoms with E-state index in [9.17, 15) is 9.59 Å². The highest BCUT2D eigenvalue weighted by molar-refractivity contribution is 5.95. The minimum Gasteiger partial charge on any atom is -0.349 e. The van der Waals surface area contributed by atoms with Crippen molar-refractivity contribution in [1.82, 2.24) is 20.2 Å². The highest BCUT2D eigenvalue weighted by atomic mass is 16.2. The summed E-state index contributed by atoms with van der Waals surface area (Å²) in [5, 5.41) is 3.12. The highest BCUT2D eigenvalue weighted by Crippen LogP contribution is 2.25. The van der Waals surface area contributed by atoms with Gasteiger partial charge in [-0.1, -0.05) is 19.1 Å². The number of aryl methyl sites for hydroxylation is 2. The molecule has 2 aromatic rings. The van der Waals surface area contributed by atoms with Crippen molar-refractivity contribution in [2.45, 2.75) is 53.0 Å². The van der Waals surface area contributed by atoms with Crippen LogP contribution in [0.2, 0.25) is 0 Å². The predicted molar refractivity (Wildman–Crippen MR) is 109 cm³/mol. The van der Waals surface area contributed by atoms with Crippen molar-refractivity contribution >= 4 is 11.8 Å². The van der Waals surface area contributed by atoms with E-state index in [1.54, 1.807) is 6.92 Å². The molecule has 0 aliphatic carbocycles. The SMILES string of the molecule is CCc1c(C)nc(C)nc1-c1cccc(C(=O)NC2CCN(C(C)=O)CC2)c1. The van der Waals surface area contributed by atoms with Gasteiger partial charge in [-0.25, -0.2) is 9.97 Å². The molecule has 1 fully saturated rings. The Hall–Kier alpha value is -2.76. The number of aromatic nitrogens is 2. The van der Waals surface area contributed by atoms with Crippen LogP contribution in [0.4, 0.5) is 0 Å². The van der Waals surface area contributed by atoms with Gasteiger partial charge < -0.3 is 10.2 Å². The number of nitrogens with zero attached hydrogens (tertiary/aromatic N) is 3. The topological polar surface area (TPSA) is 75.2 Å². The van der Waals surface area contributed by atoms with Crippen LogP contribution in [0.5, 0.6) is 0 Å². The average Bonchev–Trinajstić information content (AvgIpc) is 2.68. The Morgan fingerprint density at radius 1 is 1.18 bits per heavy atom. The van der Waals surface area contributed by atoms with Crippen LogP contribution < -0.4 is 5.32 Å². The van der Waals surface area contributed by atoms with E-state index in [2.05, 4.69) is 22.2 Å². The summed E-state index contributed by atoms with van der Waals surface area (Å²) in [6, 6.07) is 7.72. The third-order valence-electron chi connectivity index (χ3n) is 5.35. The van der Waals surface area contributed by atoms with Gasteiger partial charge in [-0.3, -0.25) is 9.59 Å². The Bertz CT molecular complexity index is 886. The molecular weight excluding hydrogens is 352 g/mol. The van der Waals surface area contributed by atoms with E-state index in [0.717, 1.165) is 47.6 Å². The van der Waals surface area contributed by atoms with Gasteiger partial charge in [-0.05, 0) is 50.8 Å². The Labute approximate surface area is 166 Å². The molecule has 0 spiro atoms. The molecule has 0 unspecified atom stereocenters. The van der Waals surface area contributed by atoms with Crippen LogP contribution in [0, 0.1) is 13.8 Å². The van der Waals surface area contributed by atoms with Crippen LogP contribution in [0.3, 0.4) is 0 Å². The number of nitrogens with one attached hydrogen (secondary N) is 1.